The van der Waals surface area contributed by atoms with Gasteiger partial charge >= 0.3 is 6.03 Å². The number of aryl methyl sites for hydroxylation is 1. The highest BCUT2D eigenvalue weighted by Gasteiger charge is 2.36. The van der Waals surface area contributed by atoms with Crippen LogP contribution >= 0.6 is 0 Å². The summed E-state index contributed by atoms with van der Waals surface area (Å²) in [5.41, 5.74) is 1.70. The van der Waals surface area contributed by atoms with Crippen LogP contribution in [0.2, 0.25) is 0 Å². The van der Waals surface area contributed by atoms with E-state index in [1.807, 2.05) is 38.1 Å². The fourth-order valence-corrected chi connectivity index (χ4v) is 3.80. The van der Waals surface area contributed by atoms with Crippen molar-refractivity contribution < 1.29 is 33.3 Å². The first kappa shape index (κ1) is 26.3. The second-order valence-electron chi connectivity index (χ2n) is 8.28. The number of carbonyl (C=O) groups is 3. The van der Waals surface area contributed by atoms with Crippen LogP contribution in [0.3, 0.4) is 0 Å². The lowest BCUT2D eigenvalue weighted by Crippen LogP contribution is -2.54. The maximum absolute atomic E-state index is 13.1. The molecule has 9 heteroatoms. The zero-order valence-corrected chi connectivity index (χ0v) is 21.4. The van der Waals surface area contributed by atoms with Crippen LogP contribution in [-0.4, -0.2) is 44.8 Å². The lowest BCUT2D eigenvalue weighted by atomic mass is 10.1. The number of imide groups is 2. The van der Waals surface area contributed by atoms with E-state index in [0.717, 1.165) is 10.5 Å². The number of urea groups is 1. The van der Waals surface area contributed by atoms with Crippen molar-refractivity contribution in [3.8, 4) is 23.0 Å². The molecule has 1 aliphatic heterocycles. The molecule has 0 aromatic heterocycles. The predicted molar refractivity (Wildman–Crippen MR) is 142 cm³/mol. The van der Waals surface area contributed by atoms with Crippen molar-refractivity contribution >= 4 is 29.6 Å². The molecule has 3 aromatic carbocycles. The van der Waals surface area contributed by atoms with Crippen LogP contribution in [0.4, 0.5) is 10.5 Å². The number of nitrogens with zero attached hydrogens (tertiary/aromatic N) is 1. The molecule has 4 amide bonds. The monoisotopic (exact) mass is 516 g/mol. The summed E-state index contributed by atoms with van der Waals surface area (Å²) in [6.45, 7) is 4.63. The summed E-state index contributed by atoms with van der Waals surface area (Å²) in [7, 11) is 1.58. The fourth-order valence-electron chi connectivity index (χ4n) is 3.80. The third-order valence-corrected chi connectivity index (χ3v) is 5.64. The maximum Gasteiger partial charge on any atom is 0.335 e. The van der Waals surface area contributed by atoms with Gasteiger partial charge in [-0.3, -0.25) is 14.9 Å². The van der Waals surface area contributed by atoms with Crippen LogP contribution in [0.25, 0.3) is 6.08 Å². The highest BCUT2D eigenvalue weighted by Crippen LogP contribution is 2.31. The molecule has 0 atom stereocenters. The molecule has 0 spiro atoms. The number of para-hydroxylation sites is 2. The van der Waals surface area contributed by atoms with Crippen molar-refractivity contribution in [2.75, 3.05) is 31.8 Å². The number of hydrogen-bond donors (Lipinski definition) is 1. The van der Waals surface area contributed by atoms with Crippen molar-refractivity contribution in [2.45, 2.75) is 13.8 Å². The summed E-state index contributed by atoms with van der Waals surface area (Å²) in [6.07, 6.45) is 1.42. The molecular formula is C29H28N2O7. The van der Waals surface area contributed by atoms with E-state index < -0.39 is 17.8 Å². The third-order valence-electron chi connectivity index (χ3n) is 5.64. The molecule has 1 fully saturated rings. The number of amides is 4. The Morgan fingerprint density at radius 2 is 1.47 bits per heavy atom. The standard InChI is InChI=1S/C29H28N2O7/c1-4-36-26-18-20(11-14-25(26)38-16-15-37-24-8-6-5-7-23(24)35-3)17-22-27(32)30-29(34)31(28(22)33)21-12-9-19(2)10-13-21/h5-14,17-18H,4,15-16H2,1-3H3,(H,30,32,34)/b22-17-. The van der Waals surface area contributed by atoms with Crippen LogP contribution in [0.15, 0.2) is 72.3 Å². The van der Waals surface area contributed by atoms with Gasteiger partial charge in [-0.2, -0.15) is 0 Å². The van der Waals surface area contributed by atoms with Gasteiger partial charge in [0.1, 0.15) is 18.8 Å². The number of anilines is 1. The van der Waals surface area contributed by atoms with Gasteiger partial charge in [0.2, 0.25) is 0 Å². The van der Waals surface area contributed by atoms with Crippen LogP contribution in [-0.2, 0) is 9.59 Å². The number of methoxy groups -OCH3 is 1. The molecule has 38 heavy (non-hydrogen) atoms. The number of benzene rings is 3. The van der Waals surface area contributed by atoms with Crippen LogP contribution in [0.5, 0.6) is 23.0 Å². The minimum absolute atomic E-state index is 0.175. The first-order valence-electron chi connectivity index (χ1n) is 12.0. The van der Waals surface area contributed by atoms with Gasteiger partial charge in [0, 0.05) is 0 Å². The molecule has 0 bridgehead atoms. The molecule has 0 radical (unpaired) electrons. The SMILES string of the molecule is CCOc1cc(/C=C2/C(=O)NC(=O)N(c3ccc(C)cc3)C2=O)ccc1OCCOc1ccccc1OC. The van der Waals surface area contributed by atoms with Gasteiger partial charge in [-0.25, -0.2) is 9.69 Å². The first-order valence-corrected chi connectivity index (χ1v) is 12.0. The number of carbonyl (C=O) groups excluding carboxylic acids is 3. The third kappa shape index (κ3) is 5.95. The molecule has 1 saturated heterocycles. The molecule has 0 saturated carbocycles. The number of hydrogen-bond acceptors (Lipinski definition) is 7. The molecular weight excluding hydrogens is 488 g/mol. The molecule has 0 aliphatic carbocycles. The lowest BCUT2D eigenvalue weighted by molar-refractivity contribution is -0.122. The van der Waals surface area contributed by atoms with E-state index in [2.05, 4.69) is 5.32 Å². The summed E-state index contributed by atoms with van der Waals surface area (Å²) in [6, 6.07) is 18.4. The second-order valence-corrected chi connectivity index (χ2v) is 8.28. The van der Waals surface area contributed by atoms with Gasteiger partial charge in [0.05, 0.1) is 19.4 Å². The topological polar surface area (TPSA) is 103 Å². The fraction of sp³-hybridized carbons (Fsp3) is 0.207. The van der Waals surface area contributed by atoms with Gasteiger partial charge in [-0.1, -0.05) is 35.9 Å². The van der Waals surface area contributed by atoms with E-state index in [-0.39, 0.29) is 18.8 Å². The second kappa shape index (κ2) is 12.0. The average molecular weight is 517 g/mol. The van der Waals surface area contributed by atoms with Gasteiger partial charge in [0.25, 0.3) is 11.8 Å². The normalized spacial score (nSPS) is 14.3. The number of nitrogens with one attached hydrogen (secondary N) is 1. The molecule has 1 heterocycles. The number of rotatable bonds is 10. The Balaban J connectivity index is 1.50. The zero-order chi connectivity index (χ0) is 27.1. The largest absolute Gasteiger partial charge is 0.493 e. The van der Waals surface area contributed by atoms with Crippen molar-refractivity contribution in [1.29, 1.82) is 0 Å². The Bertz CT molecular complexity index is 1370. The summed E-state index contributed by atoms with van der Waals surface area (Å²) in [5.74, 6) is 0.676. The molecule has 9 nitrogen and oxygen atoms in total. The minimum atomic E-state index is -0.796. The Morgan fingerprint density at radius 1 is 0.816 bits per heavy atom. The predicted octanol–water partition coefficient (Wildman–Crippen LogP) is 4.53. The van der Waals surface area contributed by atoms with Crippen LogP contribution < -0.4 is 29.2 Å². The van der Waals surface area contributed by atoms with Crippen LogP contribution in [0, 0.1) is 6.92 Å². The Labute approximate surface area is 220 Å². The lowest BCUT2D eigenvalue weighted by Gasteiger charge is -2.26. The zero-order valence-electron chi connectivity index (χ0n) is 21.4. The molecule has 3 aromatic rings. The van der Waals surface area contributed by atoms with Crippen molar-refractivity contribution in [2.24, 2.45) is 0 Å². The number of barbiturate groups is 1. The van der Waals surface area contributed by atoms with Crippen molar-refractivity contribution in [1.82, 2.24) is 5.32 Å². The molecule has 4 rings (SSSR count). The van der Waals surface area contributed by atoms with Crippen molar-refractivity contribution in [3.05, 3.63) is 83.4 Å². The van der Waals surface area contributed by atoms with Gasteiger partial charge < -0.3 is 18.9 Å². The van der Waals surface area contributed by atoms with E-state index in [9.17, 15) is 14.4 Å². The maximum atomic E-state index is 13.1. The summed E-state index contributed by atoms with van der Waals surface area (Å²) >= 11 is 0. The molecule has 1 aliphatic rings. The minimum Gasteiger partial charge on any atom is -0.493 e. The smallest absolute Gasteiger partial charge is 0.335 e. The van der Waals surface area contributed by atoms with E-state index >= 15 is 0 Å². The van der Waals surface area contributed by atoms with Gasteiger partial charge in [-0.15, -0.1) is 0 Å². The Morgan fingerprint density at radius 3 is 2.13 bits per heavy atom. The number of ether oxygens (including phenoxy) is 4. The van der Waals surface area contributed by atoms with E-state index in [0.29, 0.717) is 40.9 Å². The molecule has 196 valence electrons. The molecule has 1 N–H and O–H groups in total. The van der Waals surface area contributed by atoms with E-state index in [1.165, 1.54) is 6.08 Å². The highest BCUT2D eigenvalue weighted by molar-refractivity contribution is 6.39. The van der Waals surface area contributed by atoms with E-state index in [4.69, 9.17) is 18.9 Å². The van der Waals surface area contributed by atoms with Crippen molar-refractivity contribution in [3.63, 3.8) is 0 Å². The quantitative estimate of drug-likeness (QED) is 0.240. The Hall–Kier alpha value is -4.79. The van der Waals surface area contributed by atoms with E-state index in [1.54, 1.807) is 49.6 Å². The summed E-state index contributed by atoms with van der Waals surface area (Å²) < 4.78 is 22.6. The summed E-state index contributed by atoms with van der Waals surface area (Å²) in [5, 5.41) is 2.23. The first-order chi connectivity index (χ1) is 18.4. The average Bonchev–Trinajstić information content (AvgIpc) is 2.91. The summed E-state index contributed by atoms with van der Waals surface area (Å²) in [4.78, 5) is 39.1. The van der Waals surface area contributed by atoms with Crippen LogP contribution in [0.1, 0.15) is 18.1 Å². The van der Waals surface area contributed by atoms with Gasteiger partial charge in [-0.05, 0) is 61.9 Å². The Kier molecular flexibility index (Phi) is 8.27. The molecule has 0 unspecified atom stereocenters. The van der Waals surface area contributed by atoms with Gasteiger partial charge in [0.15, 0.2) is 23.0 Å². The highest BCUT2D eigenvalue weighted by atomic mass is 16.5.